The summed E-state index contributed by atoms with van der Waals surface area (Å²) in [5.74, 6) is 0.247. The third-order valence-corrected chi connectivity index (χ3v) is 3.09. The second-order valence-electron chi connectivity index (χ2n) is 4.41. The zero-order valence-electron chi connectivity index (χ0n) is 9.65. The van der Waals surface area contributed by atoms with Crippen molar-refractivity contribution in [2.24, 2.45) is 0 Å². The molecule has 0 spiro atoms. The maximum Gasteiger partial charge on any atom is 0.223 e. The fourth-order valence-corrected chi connectivity index (χ4v) is 2.22. The maximum absolute atomic E-state index is 11.8. The van der Waals surface area contributed by atoms with E-state index in [2.05, 4.69) is 18.7 Å². The summed E-state index contributed by atoms with van der Waals surface area (Å²) >= 11 is 0. The van der Waals surface area contributed by atoms with Gasteiger partial charge in [-0.05, 0) is 18.9 Å². The van der Waals surface area contributed by atoms with E-state index in [1.54, 1.807) is 0 Å². The topological polar surface area (TPSA) is 20.3 Å². The Kier molecular flexibility index (Phi) is 3.09. The molecule has 1 saturated heterocycles. The maximum atomic E-state index is 11.8. The zero-order valence-corrected chi connectivity index (χ0v) is 9.65. The Bertz CT molecular complexity index is 396. The summed E-state index contributed by atoms with van der Waals surface area (Å²) in [7, 11) is 0. The predicted octanol–water partition coefficient (Wildman–Crippen LogP) is 2.75. The predicted molar refractivity (Wildman–Crippen MR) is 64.8 cm³/mol. The molecule has 0 aliphatic carbocycles. The minimum absolute atomic E-state index is 0.229. The quantitative estimate of drug-likeness (QED) is 0.710. The van der Waals surface area contributed by atoms with Crippen molar-refractivity contribution in [2.45, 2.75) is 32.4 Å². The summed E-state index contributed by atoms with van der Waals surface area (Å²) in [6, 6.07) is 10.3. The molecule has 0 saturated carbocycles. The molecule has 0 radical (unpaired) electrons. The van der Waals surface area contributed by atoms with Gasteiger partial charge in [0.05, 0.1) is 6.04 Å². The molecule has 84 valence electrons. The van der Waals surface area contributed by atoms with E-state index >= 15 is 0 Å². The van der Waals surface area contributed by atoms with Gasteiger partial charge in [0, 0.05) is 13.0 Å². The monoisotopic (exact) mass is 215 g/mol. The van der Waals surface area contributed by atoms with Gasteiger partial charge in [0.1, 0.15) is 0 Å². The molecule has 1 aromatic rings. The number of rotatable bonds is 3. The fourth-order valence-electron chi connectivity index (χ4n) is 2.22. The summed E-state index contributed by atoms with van der Waals surface area (Å²) in [5, 5.41) is 0. The Morgan fingerprint density at radius 1 is 1.44 bits per heavy atom. The van der Waals surface area contributed by atoms with Crippen molar-refractivity contribution >= 4 is 5.91 Å². The van der Waals surface area contributed by atoms with Crippen LogP contribution in [0.5, 0.6) is 0 Å². The van der Waals surface area contributed by atoms with Crippen LogP contribution in [0.1, 0.15) is 25.3 Å². The molecular weight excluding hydrogens is 198 g/mol. The Hall–Kier alpha value is -1.57. The number of hydrogen-bond acceptors (Lipinski definition) is 1. The largest absolute Gasteiger partial charge is 0.332 e. The molecule has 2 nitrogen and oxygen atoms in total. The third kappa shape index (κ3) is 2.16. The average Bonchev–Trinajstić information content (AvgIpc) is 2.62. The summed E-state index contributed by atoms with van der Waals surface area (Å²) in [4.78, 5) is 13.7. The fraction of sp³-hybridized carbons (Fsp3) is 0.357. The van der Waals surface area contributed by atoms with Crippen LogP contribution < -0.4 is 0 Å². The number of nitrogens with zero attached hydrogens (tertiary/aromatic N) is 1. The molecule has 0 bridgehead atoms. The molecule has 1 aliphatic heterocycles. The molecule has 0 unspecified atom stereocenters. The smallest absolute Gasteiger partial charge is 0.223 e. The molecule has 2 heteroatoms. The second-order valence-corrected chi connectivity index (χ2v) is 4.41. The van der Waals surface area contributed by atoms with Gasteiger partial charge in [-0.25, -0.2) is 0 Å². The lowest BCUT2D eigenvalue weighted by Crippen LogP contribution is -2.32. The third-order valence-electron chi connectivity index (χ3n) is 3.09. The van der Waals surface area contributed by atoms with Gasteiger partial charge >= 0.3 is 0 Å². The summed E-state index contributed by atoms with van der Waals surface area (Å²) in [5.41, 5.74) is 2.27. The van der Waals surface area contributed by atoms with Crippen molar-refractivity contribution in [3.05, 3.63) is 48.0 Å². The molecule has 1 amide bonds. The lowest BCUT2D eigenvalue weighted by atomic mass is 10.1. The lowest BCUT2D eigenvalue weighted by molar-refractivity contribution is -0.129. The van der Waals surface area contributed by atoms with Crippen LogP contribution in [-0.4, -0.2) is 16.8 Å². The highest BCUT2D eigenvalue weighted by Crippen LogP contribution is 2.25. The first-order valence-corrected chi connectivity index (χ1v) is 5.67. The van der Waals surface area contributed by atoms with Crippen molar-refractivity contribution in [3.8, 4) is 0 Å². The summed E-state index contributed by atoms with van der Waals surface area (Å²) in [6.45, 7) is 6.68. The highest BCUT2D eigenvalue weighted by Gasteiger charge is 2.30. The second kappa shape index (κ2) is 4.52. The minimum atomic E-state index is 0.229. The average molecular weight is 215 g/mol. The van der Waals surface area contributed by atoms with Crippen LogP contribution in [0.3, 0.4) is 0 Å². The van der Waals surface area contributed by atoms with E-state index in [9.17, 15) is 4.79 Å². The van der Waals surface area contributed by atoms with E-state index in [0.29, 0.717) is 13.0 Å². The van der Waals surface area contributed by atoms with E-state index in [4.69, 9.17) is 0 Å². The summed E-state index contributed by atoms with van der Waals surface area (Å²) < 4.78 is 0. The first-order chi connectivity index (χ1) is 7.68. The van der Waals surface area contributed by atoms with Crippen LogP contribution in [0, 0.1) is 0 Å². The summed E-state index contributed by atoms with van der Waals surface area (Å²) in [6.07, 6.45) is 1.57. The number of amides is 1. The number of likely N-dealkylation sites (tertiary alicyclic amines) is 1. The van der Waals surface area contributed by atoms with E-state index in [1.165, 1.54) is 5.56 Å². The molecule has 1 aliphatic rings. The van der Waals surface area contributed by atoms with Gasteiger partial charge in [-0.2, -0.15) is 0 Å². The Labute approximate surface area is 96.6 Å². The molecule has 1 heterocycles. The highest BCUT2D eigenvalue weighted by molar-refractivity contribution is 5.79. The molecule has 16 heavy (non-hydrogen) atoms. The van der Waals surface area contributed by atoms with E-state index < -0.39 is 0 Å². The SMILES string of the molecule is C=C(C)[C@@H]1CCC(=O)N1Cc1ccccc1. The van der Waals surface area contributed by atoms with Crippen molar-refractivity contribution in [1.29, 1.82) is 0 Å². The Balaban J connectivity index is 2.13. The van der Waals surface area contributed by atoms with Crippen molar-refractivity contribution in [3.63, 3.8) is 0 Å². The van der Waals surface area contributed by atoms with Crippen LogP contribution in [0.15, 0.2) is 42.5 Å². The first kappa shape index (κ1) is 10.9. The number of benzene rings is 1. The van der Waals surface area contributed by atoms with E-state index in [-0.39, 0.29) is 11.9 Å². The van der Waals surface area contributed by atoms with Crippen LogP contribution in [0.4, 0.5) is 0 Å². The standard InChI is InChI=1S/C14H17NO/c1-11(2)13-8-9-14(16)15(13)10-12-6-4-3-5-7-12/h3-7,13H,1,8-10H2,2H3/t13-/m0/s1. The number of carbonyl (C=O) groups excluding carboxylic acids is 1. The molecule has 2 rings (SSSR count). The van der Waals surface area contributed by atoms with Crippen molar-refractivity contribution < 1.29 is 4.79 Å². The van der Waals surface area contributed by atoms with Gasteiger partial charge in [-0.3, -0.25) is 4.79 Å². The van der Waals surface area contributed by atoms with Gasteiger partial charge in [0.15, 0.2) is 0 Å². The Morgan fingerprint density at radius 3 is 2.75 bits per heavy atom. The molecule has 1 aromatic carbocycles. The minimum Gasteiger partial charge on any atom is -0.332 e. The normalized spacial score (nSPS) is 20.2. The number of carbonyl (C=O) groups is 1. The highest BCUT2D eigenvalue weighted by atomic mass is 16.2. The van der Waals surface area contributed by atoms with Crippen molar-refractivity contribution in [1.82, 2.24) is 4.90 Å². The molecular formula is C14H17NO. The Morgan fingerprint density at radius 2 is 2.12 bits per heavy atom. The van der Waals surface area contributed by atoms with Crippen LogP contribution in [-0.2, 0) is 11.3 Å². The van der Waals surface area contributed by atoms with Gasteiger partial charge < -0.3 is 4.90 Å². The zero-order chi connectivity index (χ0) is 11.5. The van der Waals surface area contributed by atoms with E-state index in [0.717, 1.165) is 12.0 Å². The first-order valence-electron chi connectivity index (χ1n) is 5.67. The van der Waals surface area contributed by atoms with Gasteiger partial charge in [0.2, 0.25) is 5.91 Å². The molecule has 0 aromatic heterocycles. The van der Waals surface area contributed by atoms with Crippen LogP contribution >= 0.6 is 0 Å². The molecule has 0 N–H and O–H groups in total. The van der Waals surface area contributed by atoms with Crippen LogP contribution in [0.2, 0.25) is 0 Å². The number of hydrogen-bond donors (Lipinski definition) is 0. The molecule has 1 atom stereocenters. The van der Waals surface area contributed by atoms with Crippen LogP contribution in [0.25, 0.3) is 0 Å². The van der Waals surface area contributed by atoms with Gasteiger partial charge in [-0.1, -0.05) is 42.5 Å². The molecule has 1 fully saturated rings. The van der Waals surface area contributed by atoms with E-state index in [1.807, 2.05) is 30.0 Å². The van der Waals surface area contributed by atoms with Crippen molar-refractivity contribution in [2.75, 3.05) is 0 Å². The lowest BCUT2D eigenvalue weighted by Gasteiger charge is -2.25. The van der Waals surface area contributed by atoms with Gasteiger partial charge in [-0.15, -0.1) is 0 Å². The van der Waals surface area contributed by atoms with Gasteiger partial charge in [0.25, 0.3) is 0 Å².